The molecule has 0 atom stereocenters. The second-order valence-corrected chi connectivity index (χ2v) is 5.05. The molecule has 0 aliphatic heterocycles. The summed E-state index contributed by atoms with van der Waals surface area (Å²) in [6.07, 6.45) is 1.91. The van der Waals surface area contributed by atoms with Gasteiger partial charge in [0.1, 0.15) is 0 Å². The molecule has 0 radical (unpaired) electrons. The lowest BCUT2D eigenvalue weighted by Gasteiger charge is -2.21. The van der Waals surface area contributed by atoms with E-state index < -0.39 is 8.72 Å². The van der Waals surface area contributed by atoms with Crippen LogP contribution in [0, 0.1) is 0 Å². The monoisotopic (exact) mass is 189 g/mol. The van der Waals surface area contributed by atoms with Crippen molar-refractivity contribution in [2.45, 2.75) is 26.7 Å². The Morgan fingerprint density at radius 2 is 1.67 bits per heavy atom. The molecule has 0 saturated carbocycles. The van der Waals surface area contributed by atoms with Crippen LogP contribution in [0.5, 0.6) is 0 Å². The maximum Gasteiger partial charge on any atom is 0.449 e. The van der Waals surface area contributed by atoms with Crippen molar-refractivity contribution in [2.24, 2.45) is 5.40 Å². The van der Waals surface area contributed by atoms with Crippen LogP contribution in [0.2, 0.25) is 0 Å². The molecule has 4 heteroatoms. The zero-order chi connectivity index (χ0) is 9.45. The first kappa shape index (κ1) is 11.8. The van der Waals surface area contributed by atoms with Crippen molar-refractivity contribution < 1.29 is 8.85 Å². The molecular formula is C8H19NO2Si. The largest absolute Gasteiger partial charge is 0.449 e. The Balaban J connectivity index is 3.78. The Morgan fingerprint density at radius 1 is 1.25 bits per heavy atom. The van der Waals surface area contributed by atoms with Crippen molar-refractivity contribution in [2.75, 3.05) is 13.2 Å². The molecule has 0 bridgehead atoms. The average Bonchev–Trinajstić information content (AvgIpc) is 2.11. The average molecular weight is 189 g/mol. The Bertz CT molecular complexity index is 122. The van der Waals surface area contributed by atoms with Crippen LogP contribution in [0.15, 0.2) is 12.3 Å². The van der Waals surface area contributed by atoms with Crippen LogP contribution in [-0.4, -0.2) is 21.9 Å². The van der Waals surface area contributed by atoms with Gasteiger partial charge in [-0.1, -0.05) is 13.8 Å². The molecule has 72 valence electrons. The van der Waals surface area contributed by atoms with Gasteiger partial charge in [0.25, 0.3) is 0 Å². The molecule has 0 aromatic heterocycles. The molecule has 12 heavy (non-hydrogen) atoms. The minimum atomic E-state index is -2.50. The summed E-state index contributed by atoms with van der Waals surface area (Å²) >= 11 is 0. The minimum Gasteiger partial charge on any atom is -0.380 e. The van der Waals surface area contributed by atoms with Crippen LogP contribution in [0.25, 0.3) is 0 Å². The summed E-state index contributed by atoms with van der Waals surface area (Å²) in [6.45, 7) is 9.01. The summed E-state index contributed by atoms with van der Waals surface area (Å²) in [5.41, 5.74) is 1.62. The van der Waals surface area contributed by atoms with Gasteiger partial charge >= 0.3 is 8.72 Å². The van der Waals surface area contributed by atoms with Crippen molar-refractivity contribution in [3.05, 3.63) is 12.3 Å². The molecule has 0 rings (SSSR count). The van der Waals surface area contributed by atoms with Gasteiger partial charge in [0.05, 0.1) is 0 Å². The molecule has 0 heterocycles. The highest BCUT2D eigenvalue weighted by Gasteiger charge is 2.28. The topological polar surface area (TPSA) is 44.5 Å². The van der Waals surface area contributed by atoms with Crippen LogP contribution in [0.1, 0.15) is 26.7 Å². The fourth-order valence-electron chi connectivity index (χ4n) is 0.683. The summed E-state index contributed by atoms with van der Waals surface area (Å²) in [4.78, 5) is 0. The van der Waals surface area contributed by atoms with E-state index in [-0.39, 0.29) is 0 Å². The van der Waals surface area contributed by atoms with E-state index in [4.69, 9.17) is 14.3 Å². The number of nitrogens with two attached hydrogens (primary N) is 1. The van der Waals surface area contributed by atoms with Gasteiger partial charge in [0.2, 0.25) is 0 Å². The van der Waals surface area contributed by atoms with Crippen molar-refractivity contribution >= 4 is 8.72 Å². The van der Waals surface area contributed by atoms with Crippen LogP contribution in [0.3, 0.4) is 0 Å². The van der Waals surface area contributed by atoms with E-state index in [9.17, 15) is 0 Å². The van der Waals surface area contributed by atoms with Gasteiger partial charge < -0.3 is 14.3 Å². The van der Waals surface area contributed by atoms with E-state index in [2.05, 4.69) is 6.58 Å². The first-order valence-corrected chi connectivity index (χ1v) is 6.36. The van der Waals surface area contributed by atoms with E-state index in [0.717, 1.165) is 12.8 Å². The quantitative estimate of drug-likeness (QED) is 0.617. The lowest BCUT2D eigenvalue weighted by Crippen LogP contribution is -2.51. The van der Waals surface area contributed by atoms with Crippen molar-refractivity contribution in [1.82, 2.24) is 0 Å². The molecule has 2 N–H and O–H groups in total. The first-order valence-electron chi connectivity index (χ1n) is 4.39. The molecule has 0 amide bonds. The second-order valence-electron chi connectivity index (χ2n) is 2.62. The molecule has 0 aliphatic carbocycles. The van der Waals surface area contributed by atoms with E-state index in [1.807, 2.05) is 13.8 Å². The standard InChI is InChI=1S/C8H19NO2Si/c1-4-7-10-12(9,6-3)11-8-5-2/h6H,3-5,7-9H2,1-2H3. The molecule has 3 nitrogen and oxygen atoms in total. The summed E-state index contributed by atoms with van der Waals surface area (Å²) in [5.74, 6) is 0. The van der Waals surface area contributed by atoms with Crippen LogP contribution in [0.4, 0.5) is 0 Å². The third kappa shape index (κ3) is 4.66. The maximum absolute atomic E-state index is 5.85. The Labute approximate surface area is 75.9 Å². The zero-order valence-electron chi connectivity index (χ0n) is 8.01. The van der Waals surface area contributed by atoms with Crippen molar-refractivity contribution in [3.63, 3.8) is 0 Å². The highest BCUT2D eigenvalue weighted by molar-refractivity contribution is 6.69. The van der Waals surface area contributed by atoms with Gasteiger partial charge in [0, 0.05) is 13.2 Å². The van der Waals surface area contributed by atoms with Gasteiger partial charge in [-0.25, -0.2) is 0 Å². The molecule has 0 saturated heterocycles. The fraction of sp³-hybridized carbons (Fsp3) is 0.750. The SMILES string of the molecule is C=C[Si](N)(OCCC)OCCC. The predicted octanol–water partition coefficient (Wildman–Crippen LogP) is 1.46. The van der Waals surface area contributed by atoms with Crippen LogP contribution >= 0.6 is 0 Å². The molecule has 0 unspecified atom stereocenters. The summed E-state index contributed by atoms with van der Waals surface area (Å²) in [5, 5.41) is 5.85. The molecule has 0 aromatic carbocycles. The van der Waals surface area contributed by atoms with E-state index in [0.29, 0.717) is 13.2 Å². The highest BCUT2D eigenvalue weighted by Crippen LogP contribution is 2.02. The molecule has 0 spiro atoms. The van der Waals surface area contributed by atoms with E-state index in [1.54, 1.807) is 5.70 Å². The molecular weight excluding hydrogens is 170 g/mol. The first-order chi connectivity index (χ1) is 5.68. The van der Waals surface area contributed by atoms with Gasteiger partial charge in [-0.15, -0.1) is 6.58 Å². The van der Waals surface area contributed by atoms with Crippen LogP contribution < -0.4 is 5.40 Å². The lowest BCUT2D eigenvalue weighted by atomic mass is 10.5. The number of hydrogen-bond acceptors (Lipinski definition) is 3. The maximum atomic E-state index is 5.85. The van der Waals surface area contributed by atoms with Gasteiger partial charge in [-0.3, -0.25) is 0 Å². The molecule has 0 fully saturated rings. The zero-order valence-corrected chi connectivity index (χ0v) is 9.01. The minimum absolute atomic E-state index is 0.651. The Kier molecular flexibility index (Phi) is 6.28. The van der Waals surface area contributed by atoms with Crippen molar-refractivity contribution in [3.8, 4) is 0 Å². The number of rotatable bonds is 7. The molecule has 0 aromatic rings. The summed E-state index contributed by atoms with van der Waals surface area (Å²) in [6, 6.07) is 0. The van der Waals surface area contributed by atoms with E-state index in [1.165, 1.54) is 0 Å². The number of hydrogen-bond donors (Lipinski definition) is 1. The third-order valence-corrected chi connectivity index (χ3v) is 3.23. The predicted molar refractivity (Wildman–Crippen MR) is 52.6 cm³/mol. The van der Waals surface area contributed by atoms with Crippen molar-refractivity contribution in [1.29, 1.82) is 0 Å². The Hall–Kier alpha value is -0.163. The smallest absolute Gasteiger partial charge is 0.380 e. The second kappa shape index (κ2) is 6.36. The highest BCUT2D eigenvalue weighted by atomic mass is 28.4. The summed E-state index contributed by atoms with van der Waals surface area (Å²) < 4.78 is 10.8. The third-order valence-electron chi connectivity index (χ3n) is 1.35. The Morgan fingerprint density at radius 3 is 1.92 bits per heavy atom. The van der Waals surface area contributed by atoms with Gasteiger partial charge in [-0.2, -0.15) is 0 Å². The fourth-order valence-corrected chi connectivity index (χ4v) is 2.05. The van der Waals surface area contributed by atoms with Gasteiger partial charge in [0.15, 0.2) is 0 Å². The molecule has 0 aliphatic rings. The van der Waals surface area contributed by atoms with Gasteiger partial charge in [-0.05, 0) is 18.5 Å². The van der Waals surface area contributed by atoms with Crippen LogP contribution in [-0.2, 0) is 8.85 Å². The lowest BCUT2D eigenvalue weighted by molar-refractivity contribution is 0.179. The van der Waals surface area contributed by atoms with E-state index >= 15 is 0 Å². The normalized spacial score (nSPS) is 11.6. The summed E-state index contributed by atoms with van der Waals surface area (Å²) in [7, 11) is -2.50.